The number of carboxylic acid groups (broad SMARTS) is 1. The molecule has 120 valence electrons. The summed E-state index contributed by atoms with van der Waals surface area (Å²) < 4.78 is 33.8. The Balaban J connectivity index is 1.86. The summed E-state index contributed by atoms with van der Waals surface area (Å²) in [6.45, 7) is -0.133. The highest BCUT2D eigenvalue weighted by atomic mass is 32.2. The first-order valence-corrected chi connectivity index (χ1v) is 8.08. The number of sulfonamides is 1. The van der Waals surface area contributed by atoms with Crippen molar-refractivity contribution in [1.82, 2.24) is 14.3 Å². The number of nitrogens with one attached hydrogen (secondary N) is 1. The third-order valence-corrected chi connectivity index (χ3v) is 4.88. The quantitative estimate of drug-likeness (QED) is 0.727. The molecule has 0 spiro atoms. The van der Waals surface area contributed by atoms with Gasteiger partial charge in [-0.3, -0.25) is 0 Å². The molecule has 9 heteroatoms. The summed E-state index contributed by atoms with van der Waals surface area (Å²) in [6.07, 6.45) is 2.35. The Bertz CT molecular complexity index is 987. The minimum absolute atomic E-state index is 0.0204. The average molecular weight is 335 g/mol. The topological polar surface area (TPSA) is 114 Å². The van der Waals surface area contributed by atoms with Gasteiger partial charge in [0.2, 0.25) is 10.0 Å². The second-order valence-electron chi connectivity index (χ2n) is 4.84. The molecular formula is C14H13N3O5S. The van der Waals surface area contributed by atoms with Crippen LogP contribution in [0.25, 0.3) is 11.0 Å². The lowest BCUT2D eigenvalue weighted by Crippen LogP contribution is -2.25. The van der Waals surface area contributed by atoms with Crippen LogP contribution in [-0.2, 0) is 23.6 Å². The smallest absolute Gasteiger partial charge is 0.354 e. The van der Waals surface area contributed by atoms with E-state index in [2.05, 4.69) is 9.71 Å². The first-order chi connectivity index (χ1) is 10.9. The molecule has 0 unspecified atom stereocenters. The molecule has 0 saturated carbocycles. The van der Waals surface area contributed by atoms with E-state index in [1.165, 1.54) is 24.1 Å². The lowest BCUT2D eigenvalue weighted by molar-refractivity contribution is 0.0686. The fourth-order valence-corrected chi connectivity index (χ4v) is 3.32. The van der Waals surface area contributed by atoms with Crippen molar-refractivity contribution in [1.29, 1.82) is 0 Å². The molecule has 2 N–H and O–H groups in total. The molecule has 2 aromatic heterocycles. The van der Waals surface area contributed by atoms with Gasteiger partial charge in [-0.2, -0.15) is 0 Å². The van der Waals surface area contributed by atoms with E-state index in [4.69, 9.17) is 9.52 Å². The number of nitrogens with zero attached hydrogens (tertiary/aromatic N) is 2. The number of benzene rings is 1. The van der Waals surface area contributed by atoms with Crippen LogP contribution in [0.1, 0.15) is 16.3 Å². The number of carboxylic acids is 1. The summed E-state index contributed by atoms with van der Waals surface area (Å²) in [5.41, 5.74) is 0.450. The van der Waals surface area contributed by atoms with E-state index < -0.39 is 16.0 Å². The van der Waals surface area contributed by atoms with Gasteiger partial charge in [0.1, 0.15) is 28.3 Å². The third-order valence-electron chi connectivity index (χ3n) is 3.46. The molecule has 3 aromatic rings. The van der Waals surface area contributed by atoms with Crippen molar-refractivity contribution < 1.29 is 22.7 Å². The van der Waals surface area contributed by atoms with Crippen LogP contribution in [0, 0.1) is 0 Å². The Labute approximate surface area is 131 Å². The largest absolute Gasteiger partial charge is 0.477 e. The average Bonchev–Trinajstić information content (AvgIpc) is 3.09. The van der Waals surface area contributed by atoms with Crippen molar-refractivity contribution >= 4 is 27.0 Å². The van der Waals surface area contributed by atoms with E-state index in [0.29, 0.717) is 16.8 Å². The number of hydrogen-bond donors (Lipinski definition) is 2. The van der Waals surface area contributed by atoms with Gasteiger partial charge in [0, 0.05) is 12.4 Å². The molecule has 8 nitrogen and oxygen atoms in total. The number of carbonyl (C=O) groups is 1. The Hall–Kier alpha value is -2.65. The molecule has 0 atom stereocenters. The highest BCUT2D eigenvalue weighted by molar-refractivity contribution is 7.89. The van der Waals surface area contributed by atoms with E-state index in [0.717, 1.165) is 0 Å². The second-order valence-corrected chi connectivity index (χ2v) is 6.58. The maximum Gasteiger partial charge on any atom is 0.354 e. The molecule has 0 aliphatic rings. The fourth-order valence-electron chi connectivity index (χ4n) is 2.21. The summed E-state index contributed by atoms with van der Waals surface area (Å²) in [4.78, 5) is 14.9. The molecule has 3 rings (SSSR count). The van der Waals surface area contributed by atoms with Gasteiger partial charge in [0.05, 0.1) is 12.7 Å². The zero-order valence-corrected chi connectivity index (χ0v) is 12.9. The highest BCUT2D eigenvalue weighted by Gasteiger charge is 2.21. The SMILES string of the molecule is Cn1c(C(=O)O)cnc1CNS(=O)(=O)c1coc2ccccc12. The van der Waals surface area contributed by atoms with Gasteiger partial charge in [-0.1, -0.05) is 12.1 Å². The van der Waals surface area contributed by atoms with Gasteiger partial charge >= 0.3 is 5.97 Å². The Morgan fingerprint density at radius 1 is 1.39 bits per heavy atom. The van der Waals surface area contributed by atoms with Crippen molar-refractivity contribution in [2.75, 3.05) is 0 Å². The summed E-state index contributed by atoms with van der Waals surface area (Å²) >= 11 is 0. The van der Waals surface area contributed by atoms with Crippen LogP contribution < -0.4 is 4.72 Å². The van der Waals surface area contributed by atoms with Crippen LogP contribution in [0.2, 0.25) is 0 Å². The van der Waals surface area contributed by atoms with Gasteiger partial charge in [-0.25, -0.2) is 22.9 Å². The van der Waals surface area contributed by atoms with Crippen LogP contribution in [0.5, 0.6) is 0 Å². The van der Waals surface area contributed by atoms with Gasteiger partial charge in [-0.15, -0.1) is 0 Å². The second kappa shape index (κ2) is 5.52. The van der Waals surface area contributed by atoms with Crippen LogP contribution in [0.15, 0.2) is 46.0 Å². The van der Waals surface area contributed by atoms with Crippen molar-refractivity contribution in [3.8, 4) is 0 Å². The number of aromatic nitrogens is 2. The Morgan fingerprint density at radius 3 is 2.83 bits per heavy atom. The molecule has 0 saturated heterocycles. The van der Waals surface area contributed by atoms with E-state index >= 15 is 0 Å². The van der Waals surface area contributed by atoms with Crippen LogP contribution in [0.3, 0.4) is 0 Å². The number of imidazole rings is 1. The monoisotopic (exact) mass is 335 g/mol. The first-order valence-electron chi connectivity index (χ1n) is 6.60. The van der Waals surface area contributed by atoms with Crippen LogP contribution in [0.4, 0.5) is 0 Å². The molecule has 23 heavy (non-hydrogen) atoms. The zero-order chi connectivity index (χ0) is 16.6. The van der Waals surface area contributed by atoms with E-state index in [-0.39, 0.29) is 17.1 Å². The summed E-state index contributed by atoms with van der Waals surface area (Å²) in [5.74, 6) is -0.839. The van der Waals surface area contributed by atoms with Gasteiger partial charge in [0.15, 0.2) is 0 Å². The predicted molar refractivity (Wildman–Crippen MR) is 80.4 cm³/mol. The molecule has 0 aliphatic heterocycles. The van der Waals surface area contributed by atoms with E-state index in [1.54, 1.807) is 24.3 Å². The standard InChI is InChI=1S/C14H13N3O5S/c1-17-10(14(18)19)6-15-13(17)7-16-23(20,21)12-8-22-11-5-3-2-4-9(11)12/h2-6,8,16H,7H2,1H3,(H,18,19). The summed E-state index contributed by atoms with van der Waals surface area (Å²) in [6, 6.07) is 6.79. The van der Waals surface area contributed by atoms with Gasteiger partial charge < -0.3 is 14.1 Å². The van der Waals surface area contributed by atoms with E-state index in [1.807, 2.05) is 0 Å². The lowest BCUT2D eigenvalue weighted by atomic mass is 10.3. The molecule has 2 heterocycles. The van der Waals surface area contributed by atoms with Crippen molar-refractivity contribution in [3.05, 3.63) is 48.2 Å². The van der Waals surface area contributed by atoms with Crippen molar-refractivity contribution in [2.45, 2.75) is 11.4 Å². The molecule has 0 amide bonds. The Kier molecular flexibility index (Phi) is 3.66. The van der Waals surface area contributed by atoms with Crippen molar-refractivity contribution in [3.63, 3.8) is 0 Å². The lowest BCUT2D eigenvalue weighted by Gasteiger charge is -2.06. The molecule has 0 radical (unpaired) electrons. The molecule has 0 bridgehead atoms. The van der Waals surface area contributed by atoms with Gasteiger partial charge in [-0.05, 0) is 12.1 Å². The van der Waals surface area contributed by atoms with Crippen LogP contribution in [-0.4, -0.2) is 29.0 Å². The highest BCUT2D eigenvalue weighted by Crippen LogP contribution is 2.24. The predicted octanol–water partition coefficient (Wildman–Crippen LogP) is 1.34. The maximum absolute atomic E-state index is 12.4. The number of hydrogen-bond acceptors (Lipinski definition) is 5. The van der Waals surface area contributed by atoms with E-state index in [9.17, 15) is 13.2 Å². The number of rotatable bonds is 5. The fraction of sp³-hybridized carbons (Fsp3) is 0.143. The zero-order valence-electron chi connectivity index (χ0n) is 12.1. The third kappa shape index (κ3) is 2.71. The maximum atomic E-state index is 12.4. The summed E-state index contributed by atoms with van der Waals surface area (Å²) in [7, 11) is -2.31. The number of furan rings is 1. The first kappa shape index (κ1) is 15.3. The normalized spacial score (nSPS) is 11.9. The minimum Gasteiger partial charge on any atom is -0.477 e. The molecule has 0 fully saturated rings. The number of aromatic carboxylic acids is 1. The molecule has 1 aromatic carbocycles. The molecular weight excluding hydrogens is 322 g/mol. The number of para-hydroxylation sites is 1. The minimum atomic E-state index is -3.81. The summed E-state index contributed by atoms with van der Waals surface area (Å²) in [5, 5.41) is 9.44. The van der Waals surface area contributed by atoms with Gasteiger partial charge in [0.25, 0.3) is 0 Å². The Morgan fingerprint density at radius 2 is 2.13 bits per heavy atom. The van der Waals surface area contributed by atoms with Crippen molar-refractivity contribution in [2.24, 2.45) is 7.05 Å². The molecule has 0 aliphatic carbocycles. The number of fused-ring (bicyclic) bond motifs is 1. The van der Waals surface area contributed by atoms with Crippen LogP contribution >= 0.6 is 0 Å².